The lowest BCUT2D eigenvalue weighted by molar-refractivity contribution is -0.159. The molecule has 0 aromatic heterocycles. The van der Waals surface area contributed by atoms with Crippen LogP contribution >= 0.6 is 0 Å². The van der Waals surface area contributed by atoms with Gasteiger partial charge in [-0.05, 0) is 26.2 Å². The Hall–Kier alpha value is -0.160. The molecule has 1 saturated heterocycles. The summed E-state index contributed by atoms with van der Waals surface area (Å²) in [6.45, 7) is 5.67. The first-order valence-corrected chi connectivity index (χ1v) is 5.12. The molecule has 4 nitrogen and oxygen atoms in total. The molecule has 0 spiro atoms. The van der Waals surface area contributed by atoms with E-state index < -0.39 is 18.0 Å². The van der Waals surface area contributed by atoms with Crippen molar-refractivity contribution in [3.8, 4) is 0 Å². The Bertz CT molecular complexity index is 228. The Morgan fingerprint density at radius 1 is 1.14 bits per heavy atom. The predicted molar refractivity (Wildman–Crippen MR) is 49.6 cm³/mol. The van der Waals surface area contributed by atoms with Crippen LogP contribution in [0.5, 0.6) is 0 Å². The molecule has 2 aliphatic rings. The molecule has 2 fully saturated rings. The second-order valence-electron chi connectivity index (χ2n) is 4.84. The first-order valence-electron chi connectivity index (χ1n) is 5.12. The minimum absolute atomic E-state index is 0.0941. The van der Waals surface area contributed by atoms with Crippen LogP contribution in [0, 0.1) is 5.92 Å². The standard InChI is InChI=1S/C10H18O4/c1-5-4-6(11)7(12)9-8(5)13-10(2,3)14-9/h5-9,11-12H,4H2,1-3H3/t5-,6+,7-,8-,9+/m1/s1. The van der Waals surface area contributed by atoms with Gasteiger partial charge in [-0.1, -0.05) is 6.92 Å². The van der Waals surface area contributed by atoms with E-state index in [1.54, 1.807) is 0 Å². The van der Waals surface area contributed by atoms with Gasteiger partial charge < -0.3 is 19.7 Å². The van der Waals surface area contributed by atoms with E-state index in [9.17, 15) is 10.2 Å². The summed E-state index contributed by atoms with van der Waals surface area (Å²) in [7, 11) is 0. The lowest BCUT2D eigenvalue weighted by atomic mass is 9.82. The zero-order valence-corrected chi connectivity index (χ0v) is 8.80. The number of ether oxygens (including phenoxy) is 2. The average Bonchev–Trinajstić information content (AvgIpc) is 2.38. The topological polar surface area (TPSA) is 58.9 Å². The lowest BCUT2D eigenvalue weighted by Crippen LogP contribution is -2.51. The van der Waals surface area contributed by atoms with E-state index in [4.69, 9.17) is 9.47 Å². The molecule has 82 valence electrons. The molecule has 0 bridgehead atoms. The van der Waals surface area contributed by atoms with Gasteiger partial charge in [0.15, 0.2) is 5.79 Å². The Labute approximate surface area is 83.8 Å². The van der Waals surface area contributed by atoms with Gasteiger partial charge in [0.25, 0.3) is 0 Å². The fraction of sp³-hybridized carbons (Fsp3) is 1.00. The van der Waals surface area contributed by atoms with Crippen molar-refractivity contribution >= 4 is 0 Å². The average molecular weight is 202 g/mol. The van der Waals surface area contributed by atoms with Crippen LogP contribution in [0.1, 0.15) is 27.2 Å². The number of hydrogen-bond donors (Lipinski definition) is 2. The van der Waals surface area contributed by atoms with Gasteiger partial charge in [0, 0.05) is 0 Å². The molecule has 0 unspecified atom stereocenters. The summed E-state index contributed by atoms with van der Waals surface area (Å²) in [6, 6.07) is 0. The highest BCUT2D eigenvalue weighted by Crippen LogP contribution is 2.39. The molecule has 1 aliphatic heterocycles. The van der Waals surface area contributed by atoms with Crippen LogP contribution in [-0.4, -0.2) is 40.4 Å². The molecule has 1 heterocycles. The minimum atomic E-state index is -0.821. The zero-order valence-electron chi connectivity index (χ0n) is 8.80. The van der Waals surface area contributed by atoms with E-state index >= 15 is 0 Å². The van der Waals surface area contributed by atoms with Gasteiger partial charge in [0.2, 0.25) is 0 Å². The maximum absolute atomic E-state index is 9.74. The summed E-state index contributed by atoms with van der Waals surface area (Å²) < 4.78 is 11.3. The molecule has 0 radical (unpaired) electrons. The smallest absolute Gasteiger partial charge is 0.163 e. The fourth-order valence-electron chi connectivity index (χ4n) is 2.39. The molecular weight excluding hydrogens is 184 g/mol. The SMILES string of the molecule is C[C@@H]1C[C@H](O)[C@@H](O)[C@@H]2OC(C)(C)O[C@@H]21. The van der Waals surface area contributed by atoms with Crippen molar-refractivity contribution in [1.29, 1.82) is 0 Å². The minimum Gasteiger partial charge on any atom is -0.390 e. The maximum Gasteiger partial charge on any atom is 0.163 e. The summed E-state index contributed by atoms with van der Waals surface area (Å²) in [5.41, 5.74) is 0. The first-order chi connectivity index (χ1) is 6.41. The largest absolute Gasteiger partial charge is 0.390 e. The van der Waals surface area contributed by atoms with Crippen molar-refractivity contribution in [2.45, 2.75) is 57.4 Å². The third-order valence-electron chi connectivity index (χ3n) is 3.07. The number of aliphatic hydroxyl groups excluding tert-OH is 2. The van der Waals surface area contributed by atoms with E-state index in [0.717, 1.165) is 0 Å². The quantitative estimate of drug-likeness (QED) is 0.592. The van der Waals surface area contributed by atoms with E-state index in [1.807, 2.05) is 20.8 Å². The van der Waals surface area contributed by atoms with Gasteiger partial charge in [-0.15, -0.1) is 0 Å². The van der Waals surface area contributed by atoms with Gasteiger partial charge in [-0.25, -0.2) is 0 Å². The Kier molecular flexibility index (Phi) is 2.34. The van der Waals surface area contributed by atoms with Crippen LogP contribution in [0.4, 0.5) is 0 Å². The molecule has 2 N–H and O–H groups in total. The number of aliphatic hydroxyl groups is 2. The summed E-state index contributed by atoms with van der Waals surface area (Å²) in [5, 5.41) is 19.3. The highest BCUT2D eigenvalue weighted by Gasteiger charge is 2.52. The van der Waals surface area contributed by atoms with Crippen LogP contribution in [-0.2, 0) is 9.47 Å². The molecule has 0 amide bonds. The van der Waals surface area contributed by atoms with E-state index in [1.165, 1.54) is 0 Å². The van der Waals surface area contributed by atoms with Crippen molar-refractivity contribution in [2.24, 2.45) is 5.92 Å². The fourth-order valence-corrected chi connectivity index (χ4v) is 2.39. The second-order valence-corrected chi connectivity index (χ2v) is 4.84. The maximum atomic E-state index is 9.74. The van der Waals surface area contributed by atoms with Crippen LogP contribution in [0.2, 0.25) is 0 Å². The summed E-state index contributed by atoms with van der Waals surface area (Å²) in [5.74, 6) is -0.422. The van der Waals surface area contributed by atoms with Crippen molar-refractivity contribution in [1.82, 2.24) is 0 Å². The zero-order chi connectivity index (χ0) is 10.5. The van der Waals surface area contributed by atoms with Gasteiger partial charge in [-0.3, -0.25) is 0 Å². The first kappa shape index (κ1) is 10.4. The van der Waals surface area contributed by atoms with Crippen LogP contribution in [0.3, 0.4) is 0 Å². The Morgan fingerprint density at radius 3 is 2.36 bits per heavy atom. The van der Waals surface area contributed by atoms with Crippen molar-refractivity contribution in [2.75, 3.05) is 0 Å². The molecule has 1 saturated carbocycles. The molecule has 4 heteroatoms. The summed E-state index contributed by atoms with van der Waals surface area (Å²) >= 11 is 0. The lowest BCUT2D eigenvalue weighted by Gasteiger charge is -2.35. The molecule has 14 heavy (non-hydrogen) atoms. The van der Waals surface area contributed by atoms with Gasteiger partial charge in [-0.2, -0.15) is 0 Å². The van der Waals surface area contributed by atoms with Gasteiger partial charge >= 0.3 is 0 Å². The number of rotatable bonds is 0. The molecule has 0 aromatic rings. The van der Waals surface area contributed by atoms with E-state index in [2.05, 4.69) is 0 Å². The molecule has 5 atom stereocenters. The highest BCUT2D eigenvalue weighted by molar-refractivity contribution is 4.97. The van der Waals surface area contributed by atoms with Crippen LogP contribution in [0.15, 0.2) is 0 Å². The third-order valence-corrected chi connectivity index (χ3v) is 3.07. The van der Waals surface area contributed by atoms with Crippen molar-refractivity contribution in [3.05, 3.63) is 0 Å². The van der Waals surface area contributed by atoms with Crippen molar-refractivity contribution in [3.63, 3.8) is 0 Å². The van der Waals surface area contributed by atoms with Crippen LogP contribution < -0.4 is 0 Å². The molecule has 1 aliphatic carbocycles. The number of fused-ring (bicyclic) bond motifs is 1. The normalized spacial score (nSPS) is 51.6. The predicted octanol–water partition coefficient (Wildman–Crippen LogP) is 0.268. The third kappa shape index (κ3) is 1.56. The van der Waals surface area contributed by atoms with Crippen molar-refractivity contribution < 1.29 is 19.7 Å². The highest BCUT2D eigenvalue weighted by atomic mass is 16.8. The van der Waals surface area contributed by atoms with Gasteiger partial charge in [0.1, 0.15) is 12.2 Å². The summed E-state index contributed by atoms with van der Waals surface area (Å²) in [6.07, 6.45) is -1.42. The van der Waals surface area contributed by atoms with E-state index in [-0.39, 0.29) is 18.1 Å². The Morgan fingerprint density at radius 2 is 1.71 bits per heavy atom. The molecule has 0 aromatic carbocycles. The summed E-state index contributed by atoms with van der Waals surface area (Å²) in [4.78, 5) is 0. The second kappa shape index (κ2) is 3.17. The Balaban J connectivity index is 2.18. The molecule has 2 rings (SSSR count). The molecular formula is C10H18O4. The monoisotopic (exact) mass is 202 g/mol. The van der Waals surface area contributed by atoms with Crippen LogP contribution in [0.25, 0.3) is 0 Å². The number of hydrogen-bond acceptors (Lipinski definition) is 4. The van der Waals surface area contributed by atoms with Gasteiger partial charge in [0.05, 0.1) is 12.2 Å². The van der Waals surface area contributed by atoms with E-state index in [0.29, 0.717) is 6.42 Å².